The molecule has 1 aliphatic rings. The SMILES string of the molecule is CC(C)NC(=O)C(C)N(Cc1ccc(Cl)cc1)C(=O)CCCN(c1ccc2c(c1)OCCO2)S(C)(=O)=O. The molecular formula is C26H34ClN3O6S. The van der Waals surface area contributed by atoms with Crippen molar-refractivity contribution in [1.29, 1.82) is 0 Å². The molecule has 37 heavy (non-hydrogen) atoms. The minimum atomic E-state index is -3.62. The fraction of sp³-hybridized carbons (Fsp3) is 0.462. The summed E-state index contributed by atoms with van der Waals surface area (Å²) in [6.07, 6.45) is 1.44. The van der Waals surface area contributed by atoms with Crippen LogP contribution in [0.2, 0.25) is 5.02 Å². The summed E-state index contributed by atoms with van der Waals surface area (Å²) in [4.78, 5) is 27.6. The molecule has 2 amide bonds. The van der Waals surface area contributed by atoms with E-state index >= 15 is 0 Å². The third kappa shape index (κ3) is 8.00. The Morgan fingerprint density at radius 3 is 2.30 bits per heavy atom. The van der Waals surface area contributed by atoms with Crippen molar-refractivity contribution in [2.75, 3.05) is 30.3 Å². The minimum absolute atomic E-state index is 0.0590. The first-order chi connectivity index (χ1) is 17.5. The summed E-state index contributed by atoms with van der Waals surface area (Å²) >= 11 is 5.99. The van der Waals surface area contributed by atoms with E-state index in [1.54, 1.807) is 37.3 Å². The van der Waals surface area contributed by atoms with Gasteiger partial charge in [0.1, 0.15) is 19.3 Å². The number of fused-ring (bicyclic) bond motifs is 1. The van der Waals surface area contributed by atoms with Crippen LogP contribution in [-0.4, -0.2) is 63.2 Å². The lowest BCUT2D eigenvalue weighted by molar-refractivity contribution is -0.140. The van der Waals surface area contributed by atoms with Crippen LogP contribution in [0.3, 0.4) is 0 Å². The highest BCUT2D eigenvalue weighted by Gasteiger charge is 2.27. The van der Waals surface area contributed by atoms with Gasteiger partial charge in [-0.1, -0.05) is 23.7 Å². The van der Waals surface area contributed by atoms with Gasteiger partial charge in [0.2, 0.25) is 21.8 Å². The first-order valence-electron chi connectivity index (χ1n) is 12.2. The number of carbonyl (C=O) groups excluding carboxylic acids is 2. The summed E-state index contributed by atoms with van der Waals surface area (Å²) in [6.45, 7) is 6.53. The van der Waals surface area contributed by atoms with Gasteiger partial charge < -0.3 is 19.7 Å². The van der Waals surface area contributed by atoms with Gasteiger partial charge in [-0.2, -0.15) is 0 Å². The van der Waals surface area contributed by atoms with E-state index in [1.165, 1.54) is 9.21 Å². The van der Waals surface area contributed by atoms with E-state index in [2.05, 4.69) is 5.32 Å². The number of hydrogen-bond donors (Lipinski definition) is 1. The number of nitrogens with zero attached hydrogens (tertiary/aromatic N) is 2. The first kappa shape index (κ1) is 28.6. The highest BCUT2D eigenvalue weighted by atomic mass is 35.5. The Kier molecular flexibility index (Phi) is 9.67. The van der Waals surface area contributed by atoms with Gasteiger partial charge in [-0.15, -0.1) is 0 Å². The molecule has 1 N–H and O–H groups in total. The van der Waals surface area contributed by atoms with Crippen molar-refractivity contribution in [2.45, 2.75) is 52.2 Å². The maximum absolute atomic E-state index is 13.3. The molecule has 0 saturated carbocycles. The van der Waals surface area contributed by atoms with Gasteiger partial charge in [0.15, 0.2) is 11.5 Å². The average Bonchev–Trinajstić information content (AvgIpc) is 2.84. The predicted octanol–water partition coefficient (Wildman–Crippen LogP) is 3.60. The number of rotatable bonds is 11. The van der Waals surface area contributed by atoms with Gasteiger partial charge in [-0.05, 0) is 57.0 Å². The Bertz CT molecular complexity index is 1200. The van der Waals surface area contributed by atoms with Crippen LogP contribution in [0.4, 0.5) is 5.69 Å². The van der Waals surface area contributed by atoms with Gasteiger partial charge in [0.05, 0.1) is 11.9 Å². The van der Waals surface area contributed by atoms with Crippen molar-refractivity contribution in [2.24, 2.45) is 0 Å². The number of halogens is 1. The summed E-state index contributed by atoms with van der Waals surface area (Å²) in [5.74, 6) is 0.529. The van der Waals surface area contributed by atoms with Crippen LogP contribution in [-0.2, 0) is 26.2 Å². The molecule has 0 spiro atoms. The molecule has 1 heterocycles. The zero-order valence-electron chi connectivity index (χ0n) is 21.6. The van der Waals surface area contributed by atoms with E-state index in [4.69, 9.17) is 21.1 Å². The highest BCUT2D eigenvalue weighted by Crippen LogP contribution is 2.34. The zero-order chi connectivity index (χ0) is 27.2. The maximum atomic E-state index is 13.3. The van der Waals surface area contributed by atoms with Crippen LogP contribution in [0.5, 0.6) is 11.5 Å². The number of sulfonamides is 1. The van der Waals surface area contributed by atoms with Crippen LogP contribution in [0.25, 0.3) is 0 Å². The lowest BCUT2D eigenvalue weighted by Crippen LogP contribution is -2.49. The second kappa shape index (κ2) is 12.5. The topological polar surface area (TPSA) is 105 Å². The Balaban J connectivity index is 1.73. The molecule has 11 heteroatoms. The quantitative estimate of drug-likeness (QED) is 0.457. The van der Waals surface area contributed by atoms with E-state index in [0.717, 1.165) is 11.8 Å². The molecular weight excluding hydrogens is 518 g/mol. The second-order valence-corrected chi connectivity index (χ2v) is 11.6. The smallest absolute Gasteiger partial charge is 0.242 e. The number of nitrogens with one attached hydrogen (secondary N) is 1. The summed E-state index contributed by atoms with van der Waals surface area (Å²) in [6, 6.07) is 11.3. The van der Waals surface area contributed by atoms with Crippen molar-refractivity contribution < 1.29 is 27.5 Å². The number of anilines is 1. The standard InChI is InChI=1S/C26H34ClN3O6S/c1-18(2)28-26(32)19(3)29(17-20-7-9-21(27)10-8-20)25(31)6-5-13-30(37(4,33)34)22-11-12-23-24(16-22)36-15-14-35-23/h7-12,16,18-19H,5-6,13-15,17H2,1-4H3,(H,28,32). The lowest BCUT2D eigenvalue weighted by atomic mass is 10.1. The molecule has 2 aromatic carbocycles. The van der Waals surface area contributed by atoms with E-state index < -0.39 is 16.1 Å². The van der Waals surface area contributed by atoms with Crippen molar-refractivity contribution in [3.63, 3.8) is 0 Å². The molecule has 1 unspecified atom stereocenters. The van der Waals surface area contributed by atoms with Crippen molar-refractivity contribution >= 4 is 39.1 Å². The monoisotopic (exact) mass is 551 g/mol. The number of amides is 2. The Hall–Kier alpha value is -2.98. The van der Waals surface area contributed by atoms with Crippen molar-refractivity contribution in [3.05, 3.63) is 53.1 Å². The van der Waals surface area contributed by atoms with Gasteiger partial charge in [-0.3, -0.25) is 13.9 Å². The fourth-order valence-electron chi connectivity index (χ4n) is 3.97. The molecule has 2 aromatic rings. The van der Waals surface area contributed by atoms with E-state index in [9.17, 15) is 18.0 Å². The molecule has 0 aliphatic carbocycles. The largest absolute Gasteiger partial charge is 0.486 e. The normalized spacial score (nSPS) is 13.7. The Morgan fingerprint density at radius 1 is 1.03 bits per heavy atom. The van der Waals surface area contributed by atoms with E-state index in [1.807, 2.05) is 26.0 Å². The van der Waals surface area contributed by atoms with Crippen LogP contribution >= 0.6 is 11.6 Å². The maximum Gasteiger partial charge on any atom is 0.242 e. The van der Waals surface area contributed by atoms with Crippen LogP contribution in [0, 0.1) is 0 Å². The zero-order valence-corrected chi connectivity index (χ0v) is 23.1. The molecule has 0 fully saturated rings. The van der Waals surface area contributed by atoms with Crippen molar-refractivity contribution in [3.8, 4) is 11.5 Å². The van der Waals surface area contributed by atoms with E-state index in [-0.39, 0.29) is 43.8 Å². The summed E-state index contributed by atoms with van der Waals surface area (Å²) in [5.41, 5.74) is 1.26. The van der Waals surface area contributed by atoms with Gasteiger partial charge >= 0.3 is 0 Å². The molecule has 0 bridgehead atoms. The molecule has 0 aromatic heterocycles. The van der Waals surface area contributed by atoms with Gasteiger partial charge in [0, 0.05) is 36.6 Å². The number of ether oxygens (including phenoxy) is 2. The fourth-order valence-corrected chi connectivity index (χ4v) is 5.05. The van der Waals surface area contributed by atoms with Crippen LogP contribution in [0.15, 0.2) is 42.5 Å². The molecule has 0 radical (unpaired) electrons. The van der Waals surface area contributed by atoms with Crippen LogP contribution in [0.1, 0.15) is 39.2 Å². The molecule has 202 valence electrons. The third-order valence-electron chi connectivity index (χ3n) is 5.83. The Morgan fingerprint density at radius 2 is 1.68 bits per heavy atom. The summed E-state index contributed by atoms with van der Waals surface area (Å²) in [5, 5.41) is 3.43. The molecule has 9 nitrogen and oxygen atoms in total. The Labute approximate surface area is 223 Å². The third-order valence-corrected chi connectivity index (χ3v) is 7.28. The summed E-state index contributed by atoms with van der Waals surface area (Å²) in [7, 11) is -3.62. The first-order valence-corrected chi connectivity index (χ1v) is 14.4. The number of benzene rings is 2. The van der Waals surface area contributed by atoms with Gasteiger partial charge in [0.25, 0.3) is 0 Å². The summed E-state index contributed by atoms with van der Waals surface area (Å²) < 4.78 is 37.5. The van der Waals surface area contributed by atoms with E-state index in [0.29, 0.717) is 35.4 Å². The van der Waals surface area contributed by atoms with Crippen molar-refractivity contribution in [1.82, 2.24) is 10.2 Å². The molecule has 1 aliphatic heterocycles. The second-order valence-electron chi connectivity index (χ2n) is 9.25. The molecule has 3 rings (SSSR count). The van der Waals surface area contributed by atoms with Crippen LogP contribution < -0.4 is 19.1 Å². The number of hydrogen-bond acceptors (Lipinski definition) is 6. The lowest BCUT2D eigenvalue weighted by Gasteiger charge is -2.30. The van der Waals surface area contributed by atoms with Gasteiger partial charge in [-0.25, -0.2) is 8.42 Å². The minimum Gasteiger partial charge on any atom is -0.486 e. The molecule has 0 saturated heterocycles. The predicted molar refractivity (Wildman–Crippen MR) is 144 cm³/mol. The average molecular weight is 552 g/mol. The molecule has 1 atom stereocenters. The highest BCUT2D eigenvalue weighted by molar-refractivity contribution is 7.92. The number of carbonyl (C=O) groups is 2.